The number of nitrogens with two attached hydrogens (primary N) is 1. The Morgan fingerprint density at radius 3 is 2.64 bits per heavy atom. The third-order valence-electron chi connectivity index (χ3n) is 2.72. The molecule has 0 atom stereocenters. The first-order chi connectivity index (χ1) is 6.77. The quantitative estimate of drug-likeness (QED) is 0.712. The molecule has 0 spiro atoms. The predicted octanol–water partition coefficient (Wildman–Crippen LogP) is 2.84. The maximum atomic E-state index is 5.49. The van der Waals surface area contributed by atoms with E-state index < -0.39 is 0 Å². The number of benzene rings is 1. The summed E-state index contributed by atoms with van der Waals surface area (Å²) in [4.78, 5) is 0. The number of aryl methyl sites for hydroxylation is 3. The Morgan fingerprint density at radius 2 is 2.00 bits per heavy atom. The number of hydrogen-bond acceptors (Lipinski definition) is 1. The lowest BCUT2D eigenvalue weighted by molar-refractivity contribution is 0.741. The molecule has 0 saturated carbocycles. The molecule has 0 radical (unpaired) electrons. The molecule has 1 rings (SSSR count). The van der Waals surface area contributed by atoms with Crippen LogP contribution in [0.15, 0.2) is 18.2 Å². The Labute approximate surface area is 87.3 Å². The number of rotatable bonds is 5. The van der Waals surface area contributed by atoms with Gasteiger partial charge in [0.1, 0.15) is 0 Å². The largest absolute Gasteiger partial charge is 0.330 e. The van der Waals surface area contributed by atoms with Gasteiger partial charge in [-0.3, -0.25) is 0 Å². The van der Waals surface area contributed by atoms with Crippen LogP contribution in [0.5, 0.6) is 0 Å². The molecule has 1 aromatic rings. The molecule has 0 aliphatic rings. The molecule has 0 amide bonds. The van der Waals surface area contributed by atoms with E-state index in [1.807, 2.05) is 0 Å². The van der Waals surface area contributed by atoms with E-state index >= 15 is 0 Å². The van der Waals surface area contributed by atoms with E-state index in [-0.39, 0.29) is 0 Å². The van der Waals surface area contributed by atoms with Crippen molar-refractivity contribution in [2.45, 2.75) is 39.5 Å². The van der Waals surface area contributed by atoms with Crippen LogP contribution in [-0.4, -0.2) is 6.54 Å². The molecule has 0 aliphatic heterocycles. The van der Waals surface area contributed by atoms with Crippen LogP contribution in [0.1, 0.15) is 36.5 Å². The second-order valence-corrected chi connectivity index (χ2v) is 3.86. The number of unbranched alkanes of at least 4 members (excludes halogenated alkanes) is 1. The van der Waals surface area contributed by atoms with E-state index in [1.54, 1.807) is 0 Å². The Kier molecular flexibility index (Phi) is 4.68. The van der Waals surface area contributed by atoms with Crippen molar-refractivity contribution < 1.29 is 0 Å². The summed E-state index contributed by atoms with van der Waals surface area (Å²) in [5.41, 5.74) is 9.84. The molecule has 0 heterocycles. The van der Waals surface area contributed by atoms with E-state index in [4.69, 9.17) is 5.73 Å². The van der Waals surface area contributed by atoms with E-state index in [2.05, 4.69) is 32.0 Å². The van der Waals surface area contributed by atoms with Gasteiger partial charge in [0, 0.05) is 0 Å². The first-order valence-corrected chi connectivity index (χ1v) is 5.56. The summed E-state index contributed by atoms with van der Waals surface area (Å²) >= 11 is 0. The highest BCUT2D eigenvalue weighted by Crippen LogP contribution is 2.14. The monoisotopic (exact) mass is 191 g/mol. The zero-order chi connectivity index (χ0) is 10.4. The minimum absolute atomic E-state index is 0.812. The smallest absolute Gasteiger partial charge is 0.00772 e. The molecule has 1 aromatic carbocycles. The van der Waals surface area contributed by atoms with Crippen molar-refractivity contribution in [3.05, 3.63) is 34.9 Å². The van der Waals surface area contributed by atoms with Gasteiger partial charge in [-0.1, -0.05) is 25.1 Å². The zero-order valence-corrected chi connectivity index (χ0v) is 9.34. The van der Waals surface area contributed by atoms with Crippen LogP contribution in [0, 0.1) is 6.92 Å². The minimum Gasteiger partial charge on any atom is -0.330 e. The van der Waals surface area contributed by atoms with Crippen LogP contribution in [0.4, 0.5) is 0 Å². The highest BCUT2D eigenvalue weighted by molar-refractivity contribution is 5.31. The third kappa shape index (κ3) is 3.15. The third-order valence-corrected chi connectivity index (χ3v) is 2.72. The molecule has 0 bridgehead atoms. The van der Waals surface area contributed by atoms with E-state index in [1.165, 1.54) is 29.5 Å². The lowest BCUT2D eigenvalue weighted by Gasteiger charge is -2.07. The van der Waals surface area contributed by atoms with Gasteiger partial charge in [0.05, 0.1) is 0 Å². The summed E-state index contributed by atoms with van der Waals surface area (Å²) in [5.74, 6) is 0. The van der Waals surface area contributed by atoms with Crippen molar-refractivity contribution in [1.82, 2.24) is 0 Å². The molecule has 78 valence electrons. The van der Waals surface area contributed by atoms with Crippen molar-refractivity contribution in [2.75, 3.05) is 6.54 Å². The van der Waals surface area contributed by atoms with Gasteiger partial charge in [0.2, 0.25) is 0 Å². The van der Waals surface area contributed by atoms with Crippen LogP contribution >= 0.6 is 0 Å². The fraction of sp³-hybridized carbons (Fsp3) is 0.538. The fourth-order valence-electron chi connectivity index (χ4n) is 1.67. The zero-order valence-electron chi connectivity index (χ0n) is 9.34. The van der Waals surface area contributed by atoms with Crippen LogP contribution < -0.4 is 5.73 Å². The summed E-state index contributed by atoms with van der Waals surface area (Å²) in [5, 5.41) is 0. The van der Waals surface area contributed by atoms with Crippen LogP contribution in [0.3, 0.4) is 0 Å². The summed E-state index contributed by atoms with van der Waals surface area (Å²) < 4.78 is 0. The molecule has 14 heavy (non-hydrogen) atoms. The first-order valence-electron chi connectivity index (χ1n) is 5.56. The maximum absolute atomic E-state index is 5.49. The normalized spacial score (nSPS) is 10.5. The van der Waals surface area contributed by atoms with Gasteiger partial charge in [-0.15, -0.1) is 0 Å². The minimum atomic E-state index is 0.812. The molecule has 2 N–H and O–H groups in total. The average molecular weight is 191 g/mol. The molecular weight excluding hydrogens is 170 g/mol. The molecule has 0 saturated heterocycles. The Hall–Kier alpha value is -0.820. The van der Waals surface area contributed by atoms with Gasteiger partial charge in [0.25, 0.3) is 0 Å². The molecule has 0 fully saturated rings. The summed E-state index contributed by atoms with van der Waals surface area (Å²) in [6.07, 6.45) is 4.65. The lowest BCUT2D eigenvalue weighted by Crippen LogP contribution is -2.00. The predicted molar refractivity (Wildman–Crippen MR) is 62.5 cm³/mol. The summed E-state index contributed by atoms with van der Waals surface area (Å²) in [6, 6.07) is 6.80. The molecular formula is C13H21N. The number of hydrogen-bond donors (Lipinski definition) is 1. The van der Waals surface area contributed by atoms with Gasteiger partial charge in [0.15, 0.2) is 0 Å². The topological polar surface area (TPSA) is 26.0 Å². The van der Waals surface area contributed by atoms with E-state index in [0.29, 0.717) is 0 Å². The van der Waals surface area contributed by atoms with Gasteiger partial charge >= 0.3 is 0 Å². The second-order valence-electron chi connectivity index (χ2n) is 3.86. The standard InChI is InChI=1S/C13H21N/c1-3-12-8-7-11(2)13(10-12)6-4-5-9-14/h7-8,10H,3-6,9,14H2,1-2H3. The lowest BCUT2D eigenvalue weighted by atomic mass is 9.99. The van der Waals surface area contributed by atoms with Crippen molar-refractivity contribution >= 4 is 0 Å². The fourth-order valence-corrected chi connectivity index (χ4v) is 1.67. The first kappa shape index (κ1) is 11.3. The van der Waals surface area contributed by atoms with Crippen molar-refractivity contribution in [1.29, 1.82) is 0 Å². The van der Waals surface area contributed by atoms with Crippen molar-refractivity contribution in [3.8, 4) is 0 Å². The van der Waals surface area contributed by atoms with Gasteiger partial charge in [-0.25, -0.2) is 0 Å². The van der Waals surface area contributed by atoms with E-state index in [0.717, 1.165) is 19.4 Å². The van der Waals surface area contributed by atoms with Crippen LogP contribution in [0.2, 0.25) is 0 Å². The molecule has 0 unspecified atom stereocenters. The molecule has 1 nitrogen and oxygen atoms in total. The molecule has 0 aliphatic carbocycles. The van der Waals surface area contributed by atoms with Crippen LogP contribution in [0.25, 0.3) is 0 Å². The summed E-state index contributed by atoms with van der Waals surface area (Å²) in [7, 11) is 0. The van der Waals surface area contributed by atoms with Gasteiger partial charge in [-0.05, 0) is 55.8 Å². The Bertz CT molecular complexity index is 279. The van der Waals surface area contributed by atoms with E-state index in [9.17, 15) is 0 Å². The highest BCUT2D eigenvalue weighted by atomic mass is 14.5. The van der Waals surface area contributed by atoms with Crippen molar-refractivity contribution in [2.24, 2.45) is 5.73 Å². The molecule has 1 heteroatoms. The van der Waals surface area contributed by atoms with Crippen LogP contribution in [-0.2, 0) is 12.8 Å². The Morgan fingerprint density at radius 1 is 1.21 bits per heavy atom. The van der Waals surface area contributed by atoms with Gasteiger partial charge in [-0.2, -0.15) is 0 Å². The second kappa shape index (κ2) is 5.82. The average Bonchev–Trinajstić information content (AvgIpc) is 2.21. The highest BCUT2D eigenvalue weighted by Gasteiger charge is 1.99. The van der Waals surface area contributed by atoms with Gasteiger partial charge < -0.3 is 5.73 Å². The molecule has 0 aromatic heterocycles. The van der Waals surface area contributed by atoms with Crippen molar-refractivity contribution in [3.63, 3.8) is 0 Å². The SMILES string of the molecule is CCc1ccc(C)c(CCCCN)c1. The Balaban J connectivity index is 2.64. The summed E-state index contributed by atoms with van der Waals surface area (Å²) in [6.45, 7) is 5.21. The maximum Gasteiger partial charge on any atom is -0.00772 e.